The van der Waals surface area contributed by atoms with Crippen molar-refractivity contribution in [3.05, 3.63) is 0 Å². The van der Waals surface area contributed by atoms with E-state index in [9.17, 15) is 8.78 Å². The van der Waals surface area contributed by atoms with E-state index >= 15 is 0 Å². The second kappa shape index (κ2) is 2.56. The number of rotatable bonds is 1. The average molecular weight is 96.0 g/mol. The lowest BCUT2D eigenvalue weighted by Gasteiger charge is -1.82. The van der Waals surface area contributed by atoms with Crippen LogP contribution in [0.4, 0.5) is 13.6 Å². The Labute approximate surface area is 32.7 Å². The Bertz CT molecular complexity index is 53.5. The molecule has 4 heteroatoms. The normalized spacial score (nSPS) is 7.67. The summed E-state index contributed by atoms with van der Waals surface area (Å²) in [6.07, 6.45) is -2.09. The van der Waals surface area contributed by atoms with E-state index in [0.717, 1.165) is 0 Å². The van der Waals surface area contributed by atoms with E-state index in [2.05, 4.69) is 4.74 Å². The van der Waals surface area contributed by atoms with Crippen LogP contribution in [0.25, 0.3) is 0 Å². The maximum absolute atomic E-state index is 10.6. The molecule has 36 valence electrons. The van der Waals surface area contributed by atoms with Gasteiger partial charge in [-0.3, -0.25) is 0 Å². The van der Waals surface area contributed by atoms with Crippen molar-refractivity contribution in [1.82, 2.24) is 0 Å². The van der Waals surface area contributed by atoms with Crippen molar-refractivity contribution in [3.63, 3.8) is 0 Å². The topological polar surface area (TPSA) is 26.3 Å². The lowest BCUT2D eigenvalue weighted by Crippen LogP contribution is -1.89. The molecule has 0 rings (SSSR count). The van der Waals surface area contributed by atoms with Crippen molar-refractivity contribution < 1.29 is 18.3 Å². The standard InChI is InChI=1S/C2H2F2O2/c3-1-6-2(4)5/h1H2. The fraction of sp³-hybridized carbons (Fsp3) is 0.500. The molecule has 0 aromatic carbocycles. The van der Waals surface area contributed by atoms with Gasteiger partial charge in [0.1, 0.15) is 0 Å². The van der Waals surface area contributed by atoms with Gasteiger partial charge >= 0.3 is 6.22 Å². The molecule has 0 spiro atoms. The maximum atomic E-state index is 10.6. The van der Waals surface area contributed by atoms with Gasteiger partial charge in [-0.25, -0.2) is 9.18 Å². The maximum Gasteiger partial charge on any atom is 0.497 e. The first-order valence-electron chi connectivity index (χ1n) is 1.15. The first kappa shape index (κ1) is 5.33. The Hall–Kier alpha value is -0.670. The van der Waals surface area contributed by atoms with Crippen LogP contribution in [-0.4, -0.2) is 13.1 Å². The van der Waals surface area contributed by atoms with Crippen LogP contribution < -0.4 is 0 Å². The van der Waals surface area contributed by atoms with Crippen LogP contribution in [0.2, 0.25) is 0 Å². The summed E-state index contributed by atoms with van der Waals surface area (Å²) in [5, 5.41) is 0. The quantitative estimate of drug-likeness (QED) is 0.455. The van der Waals surface area contributed by atoms with Crippen LogP contribution >= 0.6 is 0 Å². The molecule has 0 atom stereocenters. The molecular weight excluding hydrogens is 94.0 g/mol. The molecule has 0 aliphatic rings. The smallest absolute Gasteiger partial charge is 0.408 e. The summed E-state index contributed by atoms with van der Waals surface area (Å²) in [6.45, 7) is -1.39. The van der Waals surface area contributed by atoms with Crippen molar-refractivity contribution in [3.8, 4) is 0 Å². The molecule has 0 aliphatic heterocycles. The molecule has 0 aromatic heterocycles. The van der Waals surface area contributed by atoms with Crippen LogP contribution in [0.15, 0.2) is 0 Å². The third-order valence-corrected chi connectivity index (χ3v) is 0.168. The predicted octanol–water partition coefficient (Wildman–Crippen LogP) is 1.02. The van der Waals surface area contributed by atoms with E-state index in [1.54, 1.807) is 0 Å². The van der Waals surface area contributed by atoms with E-state index in [1.807, 2.05) is 0 Å². The SMILES string of the molecule is O=C(F)OCF. The van der Waals surface area contributed by atoms with Gasteiger partial charge in [-0.05, 0) is 0 Å². The van der Waals surface area contributed by atoms with Gasteiger partial charge < -0.3 is 4.74 Å². The van der Waals surface area contributed by atoms with Crippen molar-refractivity contribution in [2.24, 2.45) is 0 Å². The van der Waals surface area contributed by atoms with Crippen LogP contribution in [0.5, 0.6) is 0 Å². The van der Waals surface area contributed by atoms with Gasteiger partial charge in [-0.2, -0.15) is 0 Å². The highest BCUT2D eigenvalue weighted by Crippen LogP contribution is 1.79. The van der Waals surface area contributed by atoms with Gasteiger partial charge in [0.05, 0.1) is 0 Å². The zero-order valence-corrected chi connectivity index (χ0v) is 2.78. The third-order valence-electron chi connectivity index (χ3n) is 0.168. The third kappa shape index (κ3) is 3.33. The molecule has 0 amide bonds. The number of carbonyl (C=O) groups excluding carboxylic acids is 1. The summed E-state index contributed by atoms with van der Waals surface area (Å²) < 4.78 is 24.2. The molecular formula is C2H2F2O2. The van der Waals surface area contributed by atoms with Gasteiger partial charge in [0.15, 0.2) is 0 Å². The summed E-state index contributed by atoms with van der Waals surface area (Å²) in [7, 11) is 0. The van der Waals surface area contributed by atoms with Crippen LogP contribution in [0.3, 0.4) is 0 Å². The number of carbonyl (C=O) groups is 1. The lowest BCUT2D eigenvalue weighted by atomic mass is 11.4. The monoisotopic (exact) mass is 96.0 g/mol. The molecule has 2 nitrogen and oxygen atoms in total. The van der Waals surface area contributed by atoms with Gasteiger partial charge in [0.2, 0.25) is 6.86 Å². The molecule has 0 aromatic rings. The first-order valence-corrected chi connectivity index (χ1v) is 1.15. The minimum atomic E-state index is -2.09. The van der Waals surface area contributed by atoms with Gasteiger partial charge in [-0.1, -0.05) is 0 Å². The molecule has 0 bridgehead atoms. The highest BCUT2D eigenvalue weighted by atomic mass is 19.2. The predicted molar refractivity (Wildman–Crippen MR) is 13.6 cm³/mol. The lowest BCUT2D eigenvalue weighted by molar-refractivity contribution is 0.0778. The summed E-state index contributed by atoms with van der Waals surface area (Å²) in [5.41, 5.74) is 0. The van der Waals surface area contributed by atoms with Crippen LogP contribution in [0, 0.1) is 0 Å². The zero-order chi connectivity index (χ0) is 4.99. The molecule has 0 saturated heterocycles. The van der Waals surface area contributed by atoms with Gasteiger partial charge in [0, 0.05) is 0 Å². The molecule has 6 heavy (non-hydrogen) atoms. The van der Waals surface area contributed by atoms with E-state index < -0.39 is 13.1 Å². The fourth-order valence-electron chi connectivity index (χ4n) is 0.0429. The molecule has 0 fully saturated rings. The number of halogens is 2. The highest BCUT2D eigenvalue weighted by Gasteiger charge is 1.91. The highest BCUT2D eigenvalue weighted by molar-refractivity contribution is 5.57. The Balaban J connectivity index is 2.83. The summed E-state index contributed by atoms with van der Waals surface area (Å²) in [6, 6.07) is 0. The van der Waals surface area contributed by atoms with Crippen molar-refractivity contribution >= 4 is 6.22 Å². The molecule has 0 heterocycles. The second-order valence-electron chi connectivity index (χ2n) is 0.491. The Morgan fingerprint density at radius 2 is 2.33 bits per heavy atom. The van der Waals surface area contributed by atoms with Gasteiger partial charge in [-0.15, -0.1) is 4.39 Å². The van der Waals surface area contributed by atoms with Crippen LogP contribution in [-0.2, 0) is 4.74 Å². The average Bonchev–Trinajstić information content (AvgIpc) is 1.35. The van der Waals surface area contributed by atoms with Gasteiger partial charge in [0.25, 0.3) is 0 Å². The van der Waals surface area contributed by atoms with Crippen molar-refractivity contribution in [2.45, 2.75) is 0 Å². The van der Waals surface area contributed by atoms with E-state index in [4.69, 9.17) is 4.79 Å². The van der Waals surface area contributed by atoms with Crippen molar-refractivity contribution in [2.75, 3.05) is 6.86 Å². The summed E-state index contributed by atoms with van der Waals surface area (Å²) in [4.78, 5) is 8.91. The van der Waals surface area contributed by atoms with E-state index in [0.29, 0.717) is 0 Å². The molecule has 0 aliphatic carbocycles. The largest absolute Gasteiger partial charge is 0.497 e. The number of hydrogen-bond acceptors (Lipinski definition) is 2. The number of ether oxygens (including phenoxy) is 1. The summed E-state index contributed by atoms with van der Waals surface area (Å²) in [5.74, 6) is 0. The molecule has 0 N–H and O–H groups in total. The summed E-state index contributed by atoms with van der Waals surface area (Å²) >= 11 is 0. The van der Waals surface area contributed by atoms with E-state index in [-0.39, 0.29) is 0 Å². The van der Waals surface area contributed by atoms with Crippen LogP contribution in [0.1, 0.15) is 0 Å². The Morgan fingerprint density at radius 1 is 1.83 bits per heavy atom. The first-order chi connectivity index (χ1) is 2.77. The minimum absolute atomic E-state index is 1.39. The zero-order valence-electron chi connectivity index (χ0n) is 2.78. The van der Waals surface area contributed by atoms with E-state index in [1.165, 1.54) is 0 Å². The Kier molecular flexibility index (Phi) is 2.27. The molecule has 0 radical (unpaired) electrons. The second-order valence-corrected chi connectivity index (χ2v) is 0.491. The Morgan fingerprint density at radius 3 is 2.33 bits per heavy atom. The fourth-order valence-corrected chi connectivity index (χ4v) is 0.0429. The number of alkyl halides is 1. The minimum Gasteiger partial charge on any atom is -0.408 e. The molecule has 0 unspecified atom stereocenters. The number of hydrogen-bond donors (Lipinski definition) is 0. The van der Waals surface area contributed by atoms with Crippen molar-refractivity contribution in [1.29, 1.82) is 0 Å². The molecule has 0 saturated carbocycles.